The third-order valence-electron chi connectivity index (χ3n) is 2.95. The first-order valence-corrected chi connectivity index (χ1v) is 5.95. The van der Waals surface area contributed by atoms with Crippen LogP contribution in [-0.2, 0) is 9.59 Å². The first-order chi connectivity index (χ1) is 8.97. The molecule has 0 radical (unpaired) electrons. The van der Waals surface area contributed by atoms with Crippen molar-refractivity contribution < 1.29 is 14.4 Å². The lowest BCUT2D eigenvalue weighted by Crippen LogP contribution is -2.59. The Morgan fingerprint density at radius 2 is 2.16 bits per heavy atom. The summed E-state index contributed by atoms with van der Waals surface area (Å²) >= 11 is 0. The maximum absolute atomic E-state index is 12.1. The van der Waals surface area contributed by atoms with Crippen molar-refractivity contribution in [1.29, 1.82) is 0 Å². The molecule has 1 aromatic rings. The lowest BCUT2D eigenvalue weighted by molar-refractivity contribution is -0.137. The summed E-state index contributed by atoms with van der Waals surface area (Å²) in [6.45, 7) is 3.37. The minimum Gasteiger partial charge on any atom is -0.308 e. The normalized spacial score (nSPS) is 19.1. The van der Waals surface area contributed by atoms with Gasteiger partial charge in [0, 0.05) is 5.69 Å². The van der Waals surface area contributed by atoms with Crippen LogP contribution in [0.2, 0.25) is 0 Å². The molecule has 4 amide bonds. The van der Waals surface area contributed by atoms with Crippen molar-refractivity contribution in [2.45, 2.75) is 19.9 Å². The van der Waals surface area contributed by atoms with E-state index < -0.39 is 23.9 Å². The van der Waals surface area contributed by atoms with Gasteiger partial charge in [0.05, 0.1) is 0 Å². The van der Waals surface area contributed by atoms with Gasteiger partial charge in [-0.1, -0.05) is 12.1 Å². The predicted molar refractivity (Wildman–Crippen MR) is 69.5 cm³/mol. The highest BCUT2D eigenvalue weighted by atomic mass is 16.2. The number of hydrogen-bond donors (Lipinski definition) is 2. The summed E-state index contributed by atoms with van der Waals surface area (Å²) < 4.78 is 0. The van der Waals surface area contributed by atoms with E-state index in [0.717, 1.165) is 5.56 Å². The highest BCUT2D eigenvalue weighted by Gasteiger charge is 2.33. The van der Waals surface area contributed by atoms with Gasteiger partial charge in [-0.2, -0.15) is 0 Å². The van der Waals surface area contributed by atoms with Crippen LogP contribution in [0.5, 0.6) is 0 Å². The second-order valence-electron chi connectivity index (χ2n) is 4.52. The molecule has 1 saturated heterocycles. The standard InChI is InChI=1S/C13H15N3O3/c1-8-4-3-5-10(6-8)14-13(19)16-7-11(17)15-12(18)9(16)2/h3-6,9H,7H2,1-2H3,(H,14,19)(H,15,17,18). The molecular formula is C13H15N3O3. The summed E-state index contributed by atoms with van der Waals surface area (Å²) in [6.07, 6.45) is 0. The summed E-state index contributed by atoms with van der Waals surface area (Å²) in [4.78, 5) is 36.0. The molecule has 0 saturated carbocycles. The van der Waals surface area contributed by atoms with Crippen molar-refractivity contribution in [2.75, 3.05) is 11.9 Å². The van der Waals surface area contributed by atoms with E-state index in [4.69, 9.17) is 0 Å². The molecule has 0 spiro atoms. The highest BCUT2D eigenvalue weighted by Crippen LogP contribution is 2.12. The van der Waals surface area contributed by atoms with E-state index in [1.165, 1.54) is 4.90 Å². The quantitative estimate of drug-likeness (QED) is 0.736. The zero-order valence-electron chi connectivity index (χ0n) is 10.8. The van der Waals surface area contributed by atoms with Crippen molar-refractivity contribution >= 4 is 23.5 Å². The number of nitrogens with one attached hydrogen (secondary N) is 2. The Labute approximate surface area is 110 Å². The molecule has 1 aromatic carbocycles. The topological polar surface area (TPSA) is 78.5 Å². The number of nitrogens with zero attached hydrogens (tertiary/aromatic N) is 1. The number of carbonyl (C=O) groups excluding carboxylic acids is 3. The molecule has 6 heteroatoms. The Bertz CT molecular complexity index is 542. The Morgan fingerprint density at radius 3 is 2.84 bits per heavy atom. The van der Waals surface area contributed by atoms with E-state index in [2.05, 4.69) is 10.6 Å². The van der Waals surface area contributed by atoms with Crippen molar-refractivity contribution in [2.24, 2.45) is 0 Å². The van der Waals surface area contributed by atoms with Gasteiger partial charge in [0.15, 0.2) is 0 Å². The fraction of sp³-hybridized carbons (Fsp3) is 0.308. The molecule has 2 rings (SSSR count). The minimum atomic E-state index is -0.664. The minimum absolute atomic E-state index is 0.120. The molecule has 6 nitrogen and oxygen atoms in total. The van der Waals surface area contributed by atoms with Crippen LogP contribution >= 0.6 is 0 Å². The average molecular weight is 261 g/mol. The molecule has 1 aliphatic rings. The second-order valence-corrected chi connectivity index (χ2v) is 4.52. The third-order valence-corrected chi connectivity index (χ3v) is 2.95. The zero-order chi connectivity index (χ0) is 14.0. The Balaban J connectivity index is 2.11. The van der Waals surface area contributed by atoms with Crippen molar-refractivity contribution in [3.8, 4) is 0 Å². The SMILES string of the molecule is Cc1cccc(NC(=O)N2CC(=O)NC(=O)C2C)c1. The van der Waals surface area contributed by atoms with E-state index >= 15 is 0 Å². The van der Waals surface area contributed by atoms with Gasteiger partial charge in [-0.3, -0.25) is 14.9 Å². The predicted octanol–water partition coefficient (Wildman–Crippen LogP) is 0.874. The van der Waals surface area contributed by atoms with E-state index in [0.29, 0.717) is 5.69 Å². The number of rotatable bonds is 1. The smallest absolute Gasteiger partial charge is 0.308 e. The van der Waals surface area contributed by atoms with Crippen LogP contribution in [0, 0.1) is 6.92 Å². The van der Waals surface area contributed by atoms with Crippen molar-refractivity contribution in [1.82, 2.24) is 10.2 Å². The summed E-state index contributed by atoms with van der Waals surface area (Å²) in [5.41, 5.74) is 1.65. The number of amides is 4. The van der Waals surface area contributed by atoms with Crippen LogP contribution in [0.25, 0.3) is 0 Å². The lowest BCUT2D eigenvalue weighted by Gasteiger charge is -2.31. The first kappa shape index (κ1) is 13.1. The molecule has 1 fully saturated rings. The number of hydrogen-bond acceptors (Lipinski definition) is 3. The fourth-order valence-electron chi connectivity index (χ4n) is 1.88. The zero-order valence-corrected chi connectivity index (χ0v) is 10.8. The number of anilines is 1. The van der Waals surface area contributed by atoms with Gasteiger partial charge in [-0.15, -0.1) is 0 Å². The van der Waals surface area contributed by atoms with E-state index in [1.54, 1.807) is 13.0 Å². The van der Waals surface area contributed by atoms with Crippen LogP contribution in [0.3, 0.4) is 0 Å². The Kier molecular flexibility index (Phi) is 3.50. The number of aryl methyl sites for hydroxylation is 1. The van der Waals surface area contributed by atoms with Crippen molar-refractivity contribution in [3.63, 3.8) is 0 Å². The van der Waals surface area contributed by atoms with Gasteiger partial charge < -0.3 is 10.2 Å². The van der Waals surface area contributed by atoms with Crippen LogP contribution in [0.15, 0.2) is 24.3 Å². The highest BCUT2D eigenvalue weighted by molar-refractivity contribution is 6.05. The summed E-state index contributed by atoms with van der Waals surface area (Å²) in [5, 5.41) is 4.87. The maximum atomic E-state index is 12.1. The Hall–Kier alpha value is -2.37. The van der Waals surface area contributed by atoms with E-state index in [9.17, 15) is 14.4 Å². The van der Waals surface area contributed by atoms with E-state index in [-0.39, 0.29) is 6.54 Å². The van der Waals surface area contributed by atoms with E-state index in [1.807, 2.05) is 25.1 Å². The lowest BCUT2D eigenvalue weighted by atomic mass is 10.2. The largest absolute Gasteiger partial charge is 0.322 e. The molecule has 0 aliphatic carbocycles. The molecule has 0 bridgehead atoms. The summed E-state index contributed by atoms with van der Waals surface area (Å²) in [5.74, 6) is -0.932. The van der Waals surface area contributed by atoms with Gasteiger partial charge in [-0.05, 0) is 31.5 Å². The third kappa shape index (κ3) is 2.90. The molecule has 1 atom stereocenters. The van der Waals surface area contributed by atoms with Crippen molar-refractivity contribution in [3.05, 3.63) is 29.8 Å². The van der Waals surface area contributed by atoms with Gasteiger partial charge in [-0.25, -0.2) is 4.79 Å². The van der Waals surface area contributed by atoms with Crippen LogP contribution in [0.4, 0.5) is 10.5 Å². The number of imide groups is 1. The molecule has 19 heavy (non-hydrogen) atoms. The Morgan fingerprint density at radius 1 is 1.42 bits per heavy atom. The fourth-order valence-corrected chi connectivity index (χ4v) is 1.88. The van der Waals surface area contributed by atoms with Gasteiger partial charge in [0.25, 0.3) is 0 Å². The molecule has 100 valence electrons. The maximum Gasteiger partial charge on any atom is 0.322 e. The van der Waals surface area contributed by atoms with Gasteiger partial charge >= 0.3 is 6.03 Å². The van der Waals surface area contributed by atoms with Gasteiger partial charge in [0.1, 0.15) is 12.6 Å². The monoisotopic (exact) mass is 261 g/mol. The van der Waals surface area contributed by atoms with Gasteiger partial charge in [0.2, 0.25) is 11.8 Å². The summed E-state index contributed by atoms with van der Waals surface area (Å²) in [7, 11) is 0. The molecule has 0 aromatic heterocycles. The summed E-state index contributed by atoms with van der Waals surface area (Å²) in [6, 6.07) is 6.18. The molecule has 1 unspecified atom stereocenters. The first-order valence-electron chi connectivity index (χ1n) is 5.95. The average Bonchev–Trinajstić information content (AvgIpc) is 2.33. The molecule has 1 aliphatic heterocycles. The number of urea groups is 1. The number of benzene rings is 1. The van der Waals surface area contributed by atoms with Crippen LogP contribution in [-0.4, -0.2) is 35.3 Å². The van der Waals surface area contributed by atoms with Crippen LogP contribution in [0.1, 0.15) is 12.5 Å². The van der Waals surface area contributed by atoms with Crippen LogP contribution < -0.4 is 10.6 Å². The molecule has 2 N–H and O–H groups in total. The number of carbonyl (C=O) groups is 3. The molecule has 1 heterocycles. The number of piperazine rings is 1. The molecular weight excluding hydrogens is 246 g/mol. The second kappa shape index (κ2) is 5.09.